The molecule has 6 amide bonds. The summed E-state index contributed by atoms with van der Waals surface area (Å²) >= 11 is 0. The normalized spacial score (nSPS) is 21.0. The van der Waals surface area contributed by atoms with Crippen LogP contribution in [0, 0.1) is 0 Å². The Morgan fingerprint density at radius 3 is 2.45 bits per heavy atom. The molecule has 4 rings (SSSR count). The molecule has 0 saturated carbocycles. The summed E-state index contributed by atoms with van der Waals surface area (Å²) in [7, 11) is 0. The van der Waals surface area contributed by atoms with E-state index in [0.29, 0.717) is 25.9 Å². The molecule has 174 valence electrons. The number of imide groups is 2. The van der Waals surface area contributed by atoms with E-state index in [9.17, 15) is 28.8 Å². The number of hydrogen-bond donors (Lipinski definition) is 2. The van der Waals surface area contributed by atoms with Gasteiger partial charge in [0.05, 0.1) is 11.1 Å². The van der Waals surface area contributed by atoms with E-state index in [4.69, 9.17) is 15.2 Å². The van der Waals surface area contributed by atoms with Gasteiger partial charge in [-0.05, 0) is 18.6 Å². The predicted octanol–water partition coefficient (Wildman–Crippen LogP) is -0.447. The lowest BCUT2D eigenvalue weighted by Gasteiger charge is -2.31. The molecule has 1 aromatic rings. The first kappa shape index (κ1) is 22.2. The first-order valence-electron chi connectivity index (χ1n) is 10.5. The molecule has 12 heteroatoms. The second-order valence-electron chi connectivity index (χ2n) is 7.93. The number of carbonyl (C=O) groups excluding carboxylic acids is 6. The highest BCUT2D eigenvalue weighted by Gasteiger charge is 2.46. The van der Waals surface area contributed by atoms with Gasteiger partial charge in [0, 0.05) is 32.4 Å². The molecule has 0 aliphatic carbocycles. The third-order valence-electron chi connectivity index (χ3n) is 5.86. The predicted molar refractivity (Wildman–Crippen MR) is 109 cm³/mol. The van der Waals surface area contributed by atoms with E-state index in [2.05, 4.69) is 5.32 Å². The van der Waals surface area contributed by atoms with E-state index in [0.717, 1.165) is 4.90 Å². The van der Waals surface area contributed by atoms with Crippen LogP contribution in [0.2, 0.25) is 0 Å². The van der Waals surface area contributed by atoms with Crippen LogP contribution in [-0.4, -0.2) is 77.3 Å². The molecular weight excluding hydrogens is 436 g/mol. The SMILES string of the molecule is NC(=O)OC1CCN(C(=O)COc2cccc3c2C(=O)N(C2CCC(=O)NC2=O)C3=O)CC1. The minimum atomic E-state index is -1.09. The van der Waals surface area contributed by atoms with Gasteiger partial charge in [-0.15, -0.1) is 0 Å². The quantitative estimate of drug-likeness (QED) is 0.560. The van der Waals surface area contributed by atoms with Gasteiger partial charge in [0.1, 0.15) is 17.9 Å². The average Bonchev–Trinajstić information content (AvgIpc) is 3.03. The topological polar surface area (TPSA) is 165 Å². The van der Waals surface area contributed by atoms with Crippen molar-refractivity contribution in [1.29, 1.82) is 0 Å². The number of nitrogens with two attached hydrogens (primary N) is 1. The van der Waals surface area contributed by atoms with Crippen LogP contribution in [-0.2, 0) is 19.1 Å². The fourth-order valence-corrected chi connectivity index (χ4v) is 4.22. The first-order chi connectivity index (χ1) is 15.8. The summed E-state index contributed by atoms with van der Waals surface area (Å²) in [6.45, 7) is 0.346. The summed E-state index contributed by atoms with van der Waals surface area (Å²) in [4.78, 5) is 75.3. The third kappa shape index (κ3) is 4.36. The summed E-state index contributed by atoms with van der Waals surface area (Å²) in [5.74, 6) is -2.80. The second-order valence-corrected chi connectivity index (χ2v) is 7.93. The molecule has 2 saturated heterocycles. The largest absolute Gasteiger partial charge is 0.483 e. The van der Waals surface area contributed by atoms with Gasteiger partial charge >= 0.3 is 6.09 Å². The van der Waals surface area contributed by atoms with Gasteiger partial charge in [0.2, 0.25) is 11.8 Å². The molecule has 3 heterocycles. The Morgan fingerprint density at radius 2 is 1.79 bits per heavy atom. The lowest BCUT2D eigenvalue weighted by atomic mass is 10.0. The van der Waals surface area contributed by atoms with Gasteiger partial charge < -0.3 is 20.1 Å². The summed E-state index contributed by atoms with van der Waals surface area (Å²) < 4.78 is 10.5. The van der Waals surface area contributed by atoms with Crippen molar-refractivity contribution in [3.05, 3.63) is 29.3 Å². The van der Waals surface area contributed by atoms with Crippen LogP contribution in [0.25, 0.3) is 0 Å². The van der Waals surface area contributed by atoms with Crippen molar-refractivity contribution in [2.45, 2.75) is 37.8 Å². The van der Waals surface area contributed by atoms with Gasteiger partial charge in [-0.2, -0.15) is 0 Å². The van der Waals surface area contributed by atoms with Crippen LogP contribution in [0.15, 0.2) is 18.2 Å². The number of nitrogens with zero attached hydrogens (tertiary/aromatic N) is 2. The highest BCUT2D eigenvalue weighted by molar-refractivity contribution is 6.24. The molecule has 3 N–H and O–H groups in total. The maximum Gasteiger partial charge on any atom is 0.404 e. The Hall–Kier alpha value is -3.96. The number of amides is 6. The molecule has 2 fully saturated rings. The summed E-state index contributed by atoms with van der Waals surface area (Å²) in [5.41, 5.74) is 5.06. The second kappa shape index (κ2) is 8.88. The lowest BCUT2D eigenvalue weighted by molar-refractivity contribution is -0.136. The molecule has 3 aliphatic heterocycles. The van der Waals surface area contributed by atoms with Crippen molar-refractivity contribution in [3.8, 4) is 5.75 Å². The smallest absolute Gasteiger partial charge is 0.404 e. The fraction of sp³-hybridized carbons (Fsp3) is 0.429. The van der Waals surface area contributed by atoms with Crippen molar-refractivity contribution < 1.29 is 38.2 Å². The number of fused-ring (bicyclic) bond motifs is 1. The Morgan fingerprint density at radius 1 is 1.06 bits per heavy atom. The van der Waals surface area contributed by atoms with Gasteiger partial charge in [-0.25, -0.2) is 4.79 Å². The van der Waals surface area contributed by atoms with Crippen molar-refractivity contribution >= 4 is 35.6 Å². The number of piperidine rings is 2. The zero-order valence-electron chi connectivity index (χ0n) is 17.6. The molecule has 12 nitrogen and oxygen atoms in total. The van der Waals surface area contributed by atoms with E-state index in [-0.39, 0.29) is 48.3 Å². The molecule has 0 bridgehead atoms. The molecule has 1 aromatic carbocycles. The maximum atomic E-state index is 13.0. The Bertz CT molecular complexity index is 1050. The Balaban J connectivity index is 1.42. The minimum Gasteiger partial charge on any atom is -0.483 e. The van der Waals surface area contributed by atoms with Crippen LogP contribution in [0.1, 0.15) is 46.4 Å². The highest BCUT2D eigenvalue weighted by Crippen LogP contribution is 2.33. The van der Waals surface area contributed by atoms with E-state index in [1.807, 2.05) is 0 Å². The van der Waals surface area contributed by atoms with Crippen LogP contribution < -0.4 is 15.8 Å². The number of nitrogens with one attached hydrogen (secondary N) is 1. The number of likely N-dealkylation sites (tertiary alicyclic amines) is 1. The summed E-state index contributed by atoms with van der Waals surface area (Å²) in [6.07, 6.45) is -0.242. The van der Waals surface area contributed by atoms with Crippen LogP contribution in [0.5, 0.6) is 5.75 Å². The first-order valence-corrected chi connectivity index (χ1v) is 10.5. The number of rotatable bonds is 5. The van der Waals surface area contributed by atoms with Crippen LogP contribution in [0.4, 0.5) is 4.79 Å². The Kier molecular flexibility index (Phi) is 5.99. The van der Waals surface area contributed by atoms with E-state index in [1.165, 1.54) is 18.2 Å². The van der Waals surface area contributed by atoms with Crippen molar-refractivity contribution in [3.63, 3.8) is 0 Å². The summed E-state index contributed by atoms with van der Waals surface area (Å²) in [6, 6.07) is 3.34. The molecule has 1 atom stereocenters. The van der Waals surface area contributed by atoms with E-state index in [1.54, 1.807) is 4.90 Å². The monoisotopic (exact) mass is 458 g/mol. The molecule has 0 spiro atoms. The van der Waals surface area contributed by atoms with Gasteiger partial charge in [-0.3, -0.25) is 34.2 Å². The van der Waals surface area contributed by atoms with Crippen molar-refractivity contribution in [1.82, 2.24) is 15.1 Å². The number of carbonyl (C=O) groups is 6. The average molecular weight is 458 g/mol. The number of benzene rings is 1. The summed E-state index contributed by atoms with van der Waals surface area (Å²) in [5, 5.41) is 2.14. The number of hydrogen-bond acceptors (Lipinski definition) is 8. The standard InChI is InChI=1S/C21H22N4O8/c22-21(31)33-11-6-8-24(9-7-11)16(27)10-32-14-3-1-2-12-17(14)20(30)25(19(12)29)13-4-5-15(26)23-18(13)28/h1-3,11,13H,4-10H2,(H2,22,31)(H,23,26,28). The van der Waals surface area contributed by atoms with Crippen LogP contribution >= 0.6 is 0 Å². The molecule has 1 unspecified atom stereocenters. The molecule has 33 heavy (non-hydrogen) atoms. The van der Waals surface area contributed by atoms with Gasteiger partial charge in [-0.1, -0.05) is 6.07 Å². The van der Waals surface area contributed by atoms with Crippen molar-refractivity contribution in [2.75, 3.05) is 19.7 Å². The van der Waals surface area contributed by atoms with Crippen LogP contribution in [0.3, 0.4) is 0 Å². The van der Waals surface area contributed by atoms with Crippen molar-refractivity contribution in [2.24, 2.45) is 5.73 Å². The number of ether oxygens (including phenoxy) is 2. The molecular formula is C21H22N4O8. The van der Waals surface area contributed by atoms with E-state index >= 15 is 0 Å². The maximum absolute atomic E-state index is 13.0. The van der Waals surface area contributed by atoms with E-state index < -0.39 is 35.8 Å². The third-order valence-corrected chi connectivity index (χ3v) is 5.86. The Labute approximate surface area is 187 Å². The molecule has 0 aromatic heterocycles. The molecule has 0 radical (unpaired) electrons. The number of primary amides is 1. The molecule has 3 aliphatic rings. The fourth-order valence-electron chi connectivity index (χ4n) is 4.22. The highest BCUT2D eigenvalue weighted by atomic mass is 16.6. The zero-order valence-corrected chi connectivity index (χ0v) is 17.6. The lowest BCUT2D eigenvalue weighted by Crippen LogP contribution is -2.54. The van der Waals surface area contributed by atoms with Gasteiger partial charge in [0.15, 0.2) is 6.61 Å². The van der Waals surface area contributed by atoms with Gasteiger partial charge in [0.25, 0.3) is 17.7 Å². The minimum absolute atomic E-state index is 0.0167. The zero-order chi connectivity index (χ0) is 23.7.